The van der Waals surface area contributed by atoms with E-state index >= 15 is 0 Å². The van der Waals surface area contributed by atoms with Crippen molar-refractivity contribution < 1.29 is 4.74 Å². The van der Waals surface area contributed by atoms with Gasteiger partial charge in [-0.2, -0.15) is 0 Å². The quantitative estimate of drug-likeness (QED) is 0.791. The molecule has 1 aliphatic carbocycles. The summed E-state index contributed by atoms with van der Waals surface area (Å²) in [6.07, 6.45) is 4.17. The molecule has 2 N–H and O–H groups in total. The molecule has 3 unspecified atom stereocenters. The largest absolute Gasteiger partial charge is 0.376 e. The number of nitrogens with zero attached hydrogens (tertiary/aromatic N) is 1. The molecule has 1 heterocycles. The Morgan fingerprint density at radius 2 is 2.12 bits per heavy atom. The maximum atomic E-state index is 6.43. The molecule has 3 nitrogen and oxygen atoms in total. The minimum atomic E-state index is 0.00444. The van der Waals surface area contributed by atoms with Crippen LogP contribution in [0.2, 0.25) is 0 Å². The highest BCUT2D eigenvalue weighted by Gasteiger charge is 2.41. The van der Waals surface area contributed by atoms with Crippen molar-refractivity contribution in [3.8, 4) is 0 Å². The molecular weight excluding hydrogens is 200 g/mol. The summed E-state index contributed by atoms with van der Waals surface area (Å²) < 4.78 is 5.72. The van der Waals surface area contributed by atoms with Crippen molar-refractivity contribution in [2.45, 2.75) is 57.7 Å². The highest BCUT2D eigenvalue weighted by atomic mass is 16.5. The van der Waals surface area contributed by atoms with Crippen LogP contribution in [0.15, 0.2) is 0 Å². The van der Waals surface area contributed by atoms with Crippen LogP contribution in [0.25, 0.3) is 0 Å². The van der Waals surface area contributed by atoms with Gasteiger partial charge in [-0.05, 0) is 39.0 Å². The van der Waals surface area contributed by atoms with E-state index in [1.807, 2.05) is 0 Å². The molecule has 0 bridgehead atoms. The van der Waals surface area contributed by atoms with E-state index in [9.17, 15) is 0 Å². The number of nitrogens with two attached hydrogens (primary N) is 1. The summed E-state index contributed by atoms with van der Waals surface area (Å²) in [5, 5.41) is 0. The zero-order chi connectivity index (χ0) is 11.8. The Labute approximate surface area is 99.3 Å². The lowest BCUT2D eigenvalue weighted by molar-refractivity contribution is -0.0626. The monoisotopic (exact) mass is 226 g/mol. The molecule has 1 saturated carbocycles. The summed E-state index contributed by atoms with van der Waals surface area (Å²) in [5.74, 6) is 0.753. The van der Waals surface area contributed by atoms with Gasteiger partial charge in [0.1, 0.15) is 0 Å². The molecule has 1 saturated heterocycles. The summed E-state index contributed by atoms with van der Waals surface area (Å²) in [6.45, 7) is 9.56. The smallest absolute Gasteiger partial charge is 0.0674 e. The molecule has 3 atom stereocenters. The van der Waals surface area contributed by atoms with Gasteiger partial charge in [-0.3, -0.25) is 4.90 Å². The first-order chi connectivity index (χ1) is 7.53. The molecule has 0 aromatic heterocycles. The van der Waals surface area contributed by atoms with Gasteiger partial charge in [-0.25, -0.2) is 0 Å². The van der Waals surface area contributed by atoms with E-state index in [1.54, 1.807) is 0 Å². The van der Waals surface area contributed by atoms with Crippen molar-refractivity contribution in [2.75, 3.05) is 19.7 Å². The van der Waals surface area contributed by atoms with E-state index in [1.165, 1.54) is 12.8 Å². The third kappa shape index (κ3) is 2.76. The van der Waals surface area contributed by atoms with Crippen molar-refractivity contribution in [3.63, 3.8) is 0 Å². The molecule has 0 aromatic carbocycles. The topological polar surface area (TPSA) is 38.5 Å². The third-order valence-corrected chi connectivity index (χ3v) is 4.11. The number of hydrogen-bond donors (Lipinski definition) is 1. The Kier molecular flexibility index (Phi) is 3.57. The lowest BCUT2D eigenvalue weighted by Gasteiger charge is -2.42. The van der Waals surface area contributed by atoms with Crippen LogP contribution in [0.1, 0.15) is 40.0 Å². The molecule has 94 valence electrons. The van der Waals surface area contributed by atoms with Crippen molar-refractivity contribution >= 4 is 0 Å². The number of ether oxygens (including phenoxy) is 1. The van der Waals surface area contributed by atoms with Gasteiger partial charge >= 0.3 is 0 Å². The second kappa shape index (κ2) is 4.63. The number of morpholine rings is 1. The first-order valence-corrected chi connectivity index (χ1v) is 6.67. The minimum absolute atomic E-state index is 0.00444. The second-order valence-corrected chi connectivity index (χ2v) is 5.92. The van der Waals surface area contributed by atoms with Crippen LogP contribution in [-0.2, 0) is 4.74 Å². The standard InChI is InChI=1S/C13H26N2O/c1-4-12-8-16-10(2)7-15(12)9-13(3,14)11-5-6-11/h10-12H,4-9,14H2,1-3H3. The lowest BCUT2D eigenvalue weighted by atomic mass is 9.95. The summed E-state index contributed by atoms with van der Waals surface area (Å²) >= 11 is 0. The highest BCUT2D eigenvalue weighted by Crippen LogP contribution is 2.38. The molecule has 1 aliphatic heterocycles. The van der Waals surface area contributed by atoms with E-state index in [4.69, 9.17) is 10.5 Å². The van der Waals surface area contributed by atoms with Crippen LogP contribution < -0.4 is 5.73 Å². The third-order valence-electron chi connectivity index (χ3n) is 4.11. The maximum absolute atomic E-state index is 6.43. The highest BCUT2D eigenvalue weighted by molar-refractivity contribution is 4.98. The molecule has 3 heteroatoms. The Balaban J connectivity index is 1.94. The Morgan fingerprint density at radius 1 is 1.44 bits per heavy atom. The Morgan fingerprint density at radius 3 is 2.69 bits per heavy atom. The molecule has 2 rings (SSSR count). The molecule has 0 amide bonds. The summed E-state index contributed by atoms with van der Waals surface area (Å²) in [5.41, 5.74) is 6.44. The molecule has 0 aromatic rings. The Bertz CT molecular complexity index is 238. The van der Waals surface area contributed by atoms with E-state index in [2.05, 4.69) is 25.7 Å². The fourth-order valence-electron chi connectivity index (χ4n) is 2.79. The fourth-order valence-corrected chi connectivity index (χ4v) is 2.79. The van der Waals surface area contributed by atoms with Crippen LogP contribution in [0.3, 0.4) is 0 Å². The van der Waals surface area contributed by atoms with Gasteiger partial charge < -0.3 is 10.5 Å². The zero-order valence-electron chi connectivity index (χ0n) is 10.9. The van der Waals surface area contributed by atoms with Crippen LogP contribution in [0, 0.1) is 5.92 Å². The average Bonchev–Trinajstić information content (AvgIpc) is 3.00. The summed E-state index contributed by atoms with van der Waals surface area (Å²) in [6, 6.07) is 0.567. The summed E-state index contributed by atoms with van der Waals surface area (Å²) in [7, 11) is 0. The molecule has 2 aliphatic rings. The average molecular weight is 226 g/mol. The number of hydrogen-bond acceptors (Lipinski definition) is 3. The van der Waals surface area contributed by atoms with Crippen LogP contribution in [0.5, 0.6) is 0 Å². The van der Waals surface area contributed by atoms with Gasteiger partial charge in [0.15, 0.2) is 0 Å². The van der Waals surface area contributed by atoms with Gasteiger partial charge in [-0.1, -0.05) is 6.92 Å². The molecule has 0 spiro atoms. The van der Waals surface area contributed by atoms with E-state index in [0.717, 1.165) is 32.0 Å². The van der Waals surface area contributed by atoms with E-state index in [0.29, 0.717) is 12.1 Å². The first-order valence-electron chi connectivity index (χ1n) is 6.67. The van der Waals surface area contributed by atoms with Crippen molar-refractivity contribution in [1.82, 2.24) is 4.90 Å². The fraction of sp³-hybridized carbons (Fsp3) is 1.00. The van der Waals surface area contributed by atoms with E-state index in [-0.39, 0.29) is 5.54 Å². The van der Waals surface area contributed by atoms with Crippen molar-refractivity contribution in [2.24, 2.45) is 11.7 Å². The van der Waals surface area contributed by atoms with Crippen molar-refractivity contribution in [1.29, 1.82) is 0 Å². The number of rotatable bonds is 4. The van der Waals surface area contributed by atoms with Crippen LogP contribution in [-0.4, -0.2) is 42.3 Å². The minimum Gasteiger partial charge on any atom is -0.376 e. The van der Waals surface area contributed by atoms with Crippen LogP contribution in [0.4, 0.5) is 0 Å². The molecule has 2 fully saturated rings. The van der Waals surface area contributed by atoms with Gasteiger partial charge in [0.05, 0.1) is 12.7 Å². The second-order valence-electron chi connectivity index (χ2n) is 5.92. The lowest BCUT2D eigenvalue weighted by Crippen LogP contribution is -2.57. The predicted octanol–water partition coefficient (Wildman–Crippen LogP) is 1.61. The van der Waals surface area contributed by atoms with Crippen molar-refractivity contribution in [3.05, 3.63) is 0 Å². The normalized spacial score (nSPS) is 36.0. The maximum Gasteiger partial charge on any atom is 0.0674 e. The molecular formula is C13H26N2O. The zero-order valence-corrected chi connectivity index (χ0v) is 10.9. The summed E-state index contributed by atoms with van der Waals surface area (Å²) in [4.78, 5) is 2.55. The predicted molar refractivity (Wildman–Crippen MR) is 66.4 cm³/mol. The van der Waals surface area contributed by atoms with Gasteiger partial charge in [0, 0.05) is 24.7 Å². The van der Waals surface area contributed by atoms with Gasteiger partial charge in [0.2, 0.25) is 0 Å². The first kappa shape index (κ1) is 12.3. The van der Waals surface area contributed by atoms with E-state index < -0.39 is 0 Å². The Hall–Kier alpha value is -0.120. The SMILES string of the molecule is CCC1COC(C)CN1CC(C)(N)C1CC1. The van der Waals surface area contributed by atoms with Crippen LogP contribution >= 0.6 is 0 Å². The van der Waals surface area contributed by atoms with Gasteiger partial charge in [-0.15, -0.1) is 0 Å². The molecule has 0 radical (unpaired) electrons. The molecule has 16 heavy (non-hydrogen) atoms. The van der Waals surface area contributed by atoms with Gasteiger partial charge in [0.25, 0.3) is 0 Å².